The molecule has 110 valence electrons. The average molecular weight is 310 g/mol. The molecule has 0 amide bonds. The monoisotopic (exact) mass is 310 g/mol. The molecule has 1 aromatic heterocycles. The smallest absolute Gasteiger partial charge is 0.379 e. The molecule has 2 rings (SSSR count). The Morgan fingerprint density at radius 3 is 2.48 bits per heavy atom. The highest BCUT2D eigenvalue weighted by molar-refractivity contribution is 7.12. The molecular formula is C15H13F3N2S. The van der Waals surface area contributed by atoms with Crippen LogP contribution in [0.15, 0.2) is 30.3 Å². The molecule has 0 radical (unpaired) electrons. The molecule has 1 aromatic carbocycles. The van der Waals surface area contributed by atoms with Crippen LogP contribution < -0.4 is 5.32 Å². The predicted octanol–water partition coefficient (Wildman–Crippen LogP) is 4.81. The van der Waals surface area contributed by atoms with E-state index in [4.69, 9.17) is 5.26 Å². The molecule has 1 N–H and O–H groups in total. The Hall–Kier alpha value is -2.00. The fourth-order valence-corrected chi connectivity index (χ4v) is 2.75. The van der Waals surface area contributed by atoms with Crippen LogP contribution in [0.1, 0.15) is 27.8 Å². The summed E-state index contributed by atoms with van der Waals surface area (Å²) in [6, 6.07) is 8.96. The van der Waals surface area contributed by atoms with Gasteiger partial charge >= 0.3 is 6.18 Å². The highest BCUT2D eigenvalue weighted by Crippen LogP contribution is 2.32. The maximum absolute atomic E-state index is 12.6. The van der Waals surface area contributed by atoms with Crippen LogP contribution in [-0.2, 0) is 19.1 Å². The first-order chi connectivity index (χ1) is 9.94. The second-order valence-corrected chi connectivity index (χ2v) is 5.70. The van der Waals surface area contributed by atoms with Gasteiger partial charge < -0.3 is 5.32 Å². The summed E-state index contributed by atoms with van der Waals surface area (Å²) >= 11 is 1.65. The number of nitriles is 1. The minimum atomic E-state index is -4.44. The second kappa shape index (κ2) is 6.19. The van der Waals surface area contributed by atoms with Gasteiger partial charge in [-0.1, -0.05) is 6.92 Å². The molecule has 2 aromatic rings. The molecule has 21 heavy (non-hydrogen) atoms. The molecule has 0 aliphatic heterocycles. The Morgan fingerprint density at radius 2 is 1.90 bits per heavy atom. The number of nitrogens with one attached hydrogen (secondary N) is 1. The predicted molar refractivity (Wildman–Crippen MR) is 77.2 cm³/mol. The van der Waals surface area contributed by atoms with Crippen molar-refractivity contribution >= 4 is 17.0 Å². The number of nitrogens with zero attached hydrogens (tertiary/aromatic N) is 1. The Balaban J connectivity index is 2.15. The first kappa shape index (κ1) is 15.4. The minimum Gasteiger partial charge on any atom is -0.379 e. The molecule has 0 atom stereocenters. The average Bonchev–Trinajstić information content (AvgIpc) is 2.92. The molecule has 0 fully saturated rings. The Bertz CT molecular complexity index is 668. The largest absolute Gasteiger partial charge is 0.416 e. The first-order valence-electron chi connectivity index (χ1n) is 6.37. The summed E-state index contributed by atoms with van der Waals surface area (Å²) < 4.78 is 37.8. The normalized spacial score (nSPS) is 11.2. The van der Waals surface area contributed by atoms with Crippen molar-refractivity contribution in [2.45, 2.75) is 26.1 Å². The number of thiophene rings is 1. The van der Waals surface area contributed by atoms with Gasteiger partial charge in [-0.2, -0.15) is 18.4 Å². The zero-order valence-electron chi connectivity index (χ0n) is 11.3. The molecule has 0 saturated heterocycles. The van der Waals surface area contributed by atoms with Gasteiger partial charge in [0.15, 0.2) is 0 Å². The van der Waals surface area contributed by atoms with Crippen LogP contribution in [-0.4, -0.2) is 0 Å². The van der Waals surface area contributed by atoms with E-state index in [9.17, 15) is 13.2 Å². The van der Waals surface area contributed by atoms with E-state index in [0.29, 0.717) is 12.2 Å². The zero-order chi connectivity index (χ0) is 15.5. The first-order valence-corrected chi connectivity index (χ1v) is 7.18. The van der Waals surface area contributed by atoms with E-state index in [1.165, 1.54) is 10.9 Å². The lowest BCUT2D eigenvalue weighted by Crippen LogP contribution is -2.07. The zero-order valence-corrected chi connectivity index (χ0v) is 12.1. The molecule has 1 heterocycles. The van der Waals surface area contributed by atoms with Crippen molar-refractivity contribution in [1.29, 1.82) is 5.26 Å². The summed E-state index contributed by atoms with van der Waals surface area (Å²) in [4.78, 5) is 2.33. The van der Waals surface area contributed by atoms with Crippen LogP contribution >= 0.6 is 11.3 Å². The topological polar surface area (TPSA) is 35.8 Å². The second-order valence-electron chi connectivity index (χ2n) is 4.45. The quantitative estimate of drug-likeness (QED) is 0.879. The van der Waals surface area contributed by atoms with E-state index in [2.05, 4.69) is 12.2 Å². The van der Waals surface area contributed by atoms with Crippen molar-refractivity contribution in [3.63, 3.8) is 0 Å². The third kappa shape index (κ3) is 3.76. The summed E-state index contributed by atoms with van der Waals surface area (Å²) in [7, 11) is 0. The number of alkyl halides is 3. The molecule has 0 aliphatic rings. The molecule has 0 unspecified atom stereocenters. The third-order valence-electron chi connectivity index (χ3n) is 2.99. The fourth-order valence-electron chi connectivity index (χ4n) is 1.86. The molecule has 2 nitrogen and oxygen atoms in total. The van der Waals surface area contributed by atoms with Crippen LogP contribution in [0.25, 0.3) is 0 Å². The van der Waals surface area contributed by atoms with Crippen LogP contribution in [0.2, 0.25) is 0 Å². The molecule has 0 saturated carbocycles. The Kier molecular flexibility index (Phi) is 4.53. The van der Waals surface area contributed by atoms with E-state index < -0.39 is 11.7 Å². The van der Waals surface area contributed by atoms with Crippen molar-refractivity contribution < 1.29 is 13.2 Å². The van der Waals surface area contributed by atoms with E-state index in [-0.39, 0.29) is 5.56 Å². The molecule has 0 spiro atoms. The maximum atomic E-state index is 12.6. The van der Waals surface area contributed by atoms with Gasteiger partial charge in [-0.15, -0.1) is 11.3 Å². The summed E-state index contributed by atoms with van der Waals surface area (Å²) in [6.07, 6.45) is -3.48. The molecule has 6 heteroatoms. The van der Waals surface area contributed by atoms with Gasteiger partial charge in [-0.05, 0) is 36.8 Å². The van der Waals surface area contributed by atoms with Gasteiger partial charge in [-0.3, -0.25) is 0 Å². The van der Waals surface area contributed by atoms with Crippen molar-refractivity contribution in [3.05, 3.63) is 51.2 Å². The van der Waals surface area contributed by atoms with Gasteiger partial charge in [0.25, 0.3) is 0 Å². The molecular weight excluding hydrogens is 297 g/mol. The summed E-state index contributed by atoms with van der Waals surface area (Å²) in [5.41, 5.74) is -0.400. The van der Waals surface area contributed by atoms with Gasteiger partial charge in [0.1, 0.15) is 6.07 Å². The number of rotatable bonds is 4. The Morgan fingerprint density at radius 1 is 1.19 bits per heavy atom. The van der Waals surface area contributed by atoms with Crippen LogP contribution in [0, 0.1) is 11.3 Å². The van der Waals surface area contributed by atoms with E-state index in [1.54, 1.807) is 17.4 Å². The lowest BCUT2D eigenvalue weighted by Gasteiger charge is -2.11. The van der Waals surface area contributed by atoms with E-state index in [1.807, 2.05) is 12.1 Å². The van der Waals surface area contributed by atoms with E-state index >= 15 is 0 Å². The SMILES string of the molecule is CCc1ccc(CNc2ccc(C(F)(F)F)cc2C#N)s1. The number of hydrogen-bond acceptors (Lipinski definition) is 3. The van der Waals surface area contributed by atoms with Crippen LogP contribution in [0.3, 0.4) is 0 Å². The molecule has 0 bridgehead atoms. The van der Waals surface area contributed by atoms with E-state index in [0.717, 1.165) is 23.4 Å². The summed E-state index contributed by atoms with van der Waals surface area (Å²) in [5.74, 6) is 0. The lowest BCUT2D eigenvalue weighted by molar-refractivity contribution is -0.137. The fraction of sp³-hybridized carbons (Fsp3) is 0.267. The number of halogens is 3. The van der Waals surface area contributed by atoms with Gasteiger partial charge in [0, 0.05) is 16.3 Å². The third-order valence-corrected chi connectivity index (χ3v) is 4.22. The van der Waals surface area contributed by atoms with Crippen LogP contribution in [0.5, 0.6) is 0 Å². The van der Waals surface area contributed by atoms with Crippen LogP contribution in [0.4, 0.5) is 18.9 Å². The number of hydrogen-bond donors (Lipinski definition) is 1. The van der Waals surface area contributed by atoms with Crippen molar-refractivity contribution in [3.8, 4) is 6.07 Å². The summed E-state index contributed by atoms with van der Waals surface area (Å²) in [5, 5.41) is 12.0. The molecule has 0 aliphatic carbocycles. The number of benzene rings is 1. The number of anilines is 1. The lowest BCUT2D eigenvalue weighted by atomic mass is 10.1. The highest BCUT2D eigenvalue weighted by Gasteiger charge is 2.31. The number of aryl methyl sites for hydroxylation is 1. The minimum absolute atomic E-state index is 0.00269. The highest BCUT2D eigenvalue weighted by atomic mass is 32.1. The van der Waals surface area contributed by atoms with Crippen molar-refractivity contribution in [2.24, 2.45) is 0 Å². The Labute approximate surface area is 124 Å². The standard InChI is InChI=1S/C15H13F3N2S/c1-2-12-4-5-13(21-12)9-20-14-6-3-11(15(16,17)18)7-10(14)8-19/h3-7,20H,2,9H2,1H3. The van der Waals surface area contributed by atoms with Crippen molar-refractivity contribution in [2.75, 3.05) is 5.32 Å². The van der Waals surface area contributed by atoms with Gasteiger partial charge in [0.2, 0.25) is 0 Å². The van der Waals surface area contributed by atoms with Gasteiger partial charge in [0.05, 0.1) is 16.8 Å². The van der Waals surface area contributed by atoms with Crippen molar-refractivity contribution in [1.82, 2.24) is 0 Å². The maximum Gasteiger partial charge on any atom is 0.416 e. The summed E-state index contributed by atoms with van der Waals surface area (Å²) in [6.45, 7) is 2.55. The van der Waals surface area contributed by atoms with Gasteiger partial charge in [-0.25, -0.2) is 0 Å².